The van der Waals surface area contributed by atoms with Crippen LogP contribution < -0.4 is 0 Å². The first-order valence-electron chi connectivity index (χ1n) is 10.6. The van der Waals surface area contributed by atoms with E-state index < -0.39 is 5.54 Å². The van der Waals surface area contributed by atoms with Crippen molar-refractivity contribution in [3.05, 3.63) is 108 Å². The van der Waals surface area contributed by atoms with E-state index in [2.05, 4.69) is 36.4 Å². The first-order chi connectivity index (χ1) is 14.7. The van der Waals surface area contributed by atoms with Crippen LogP contribution in [0.5, 0.6) is 0 Å². The molecule has 1 fully saturated rings. The number of nitrogens with zero attached hydrogens (tertiary/aromatic N) is 1. The zero-order valence-corrected chi connectivity index (χ0v) is 17.3. The molecule has 0 saturated heterocycles. The van der Waals surface area contributed by atoms with E-state index in [1.165, 1.54) is 7.11 Å². The Morgan fingerprint density at radius 1 is 0.833 bits per heavy atom. The molecule has 1 aliphatic carbocycles. The third kappa shape index (κ3) is 3.93. The number of benzene rings is 3. The summed E-state index contributed by atoms with van der Waals surface area (Å²) < 4.78 is 5.25. The Balaban J connectivity index is 1.97. The predicted molar refractivity (Wildman–Crippen MR) is 121 cm³/mol. The van der Waals surface area contributed by atoms with Crippen LogP contribution in [0.1, 0.15) is 42.4 Å². The van der Waals surface area contributed by atoms with Crippen LogP contribution in [-0.2, 0) is 15.1 Å². The van der Waals surface area contributed by atoms with Crippen LogP contribution in [0.3, 0.4) is 0 Å². The molecule has 0 radical (unpaired) electrons. The summed E-state index contributed by atoms with van der Waals surface area (Å²) in [6.07, 6.45) is 3.64. The fourth-order valence-electron chi connectivity index (χ4n) is 4.57. The van der Waals surface area contributed by atoms with Crippen LogP contribution in [0, 0.1) is 5.92 Å². The van der Waals surface area contributed by atoms with E-state index in [1.54, 1.807) is 0 Å². The van der Waals surface area contributed by atoms with Crippen LogP contribution in [-0.4, -0.2) is 18.8 Å². The molecule has 0 amide bonds. The van der Waals surface area contributed by atoms with E-state index >= 15 is 0 Å². The molecule has 0 spiro atoms. The van der Waals surface area contributed by atoms with Crippen molar-refractivity contribution in [2.75, 3.05) is 7.11 Å². The summed E-state index contributed by atoms with van der Waals surface area (Å²) in [5.74, 6) is -0.483. The predicted octanol–water partition coefficient (Wildman–Crippen LogP) is 5.78. The minimum atomic E-state index is -0.645. The molecule has 3 nitrogen and oxygen atoms in total. The van der Waals surface area contributed by atoms with Gasteiger partial charge in [-0.2, -0.15) is 0 Å². The number of ether oxygens (including phenoxy) is 1. The third-order valence-corrected chi connectivity index (χ3v) is 6.04. The number of aliphatic imine (C=N–C) groups is 1. The normalized spacial score (nSPS) is 20.9. The molecule has 3 heteroatoms. The highest BCUT2D eigenvalue weighted by molar-refractivity contribution is 6.13. The van der Waals surface area contributed by atoms with Crippen molar-refractivity contribution < 1.29 is 9.53 Å². The quantitative estimate of drug-likeness (QED) is 0.404. The van der Waals surface area contributed by atoms with Gasteiger partial charge < -0.3 is 4.74 Å². The lowest BCUT2D eigenvalue weighted by molar-refractivity contribution is -0.149. The van der Waals surface area contributed by atoms with Crippen molar-refractivity contribution in [1.29, 1.82) is 0 Å². The lowest BCUT2D eigenvalue weighted by Crippen LogP contribution is -2.42. The van der Waals surface area contributed by atoms with Gasteiger partial charge in [0.2, 0.25) is 0 Å². The van der Waals surface area contributed by atoms with E-state index in [9.17, 15) is 4.79 Å². The summed E-state index contributed by atoms with van der Waals surface area (Å²) in [6.45, 7) is 0. The average Bonchev–Trinajstić information content (AvgIpc) is 2.84. The van der Waals surface area contributed by atoms with Crippen molar-refractivity contribution in [1.82, 2.24) is 0 Å². The van der Waals surface area contributed by atoms with Crippen molar-refractivity contribution in [2.45, 2.75) is 31.2 Å². The molecule has 0 heterocycles. The summed E-state index contributed by atoms with van der Waals surface area (Å²) in [4.78, 5) is 18.4. The largest absolute Gasteiger partial charge is 0.469 e. The van der Waals surface area contributed by atoms with E-state index in [-0.39, 0.29) is 11.9 Å². The molecule has 30 heavy (non-hydrogen) atoms. The Bertz CT molecular complexity index is 957. The van der Waals surface area contributed by atoms with Gasteiger partial charge in [0.25, 0.3) is 0 Å². The number of hydrogen-bond acceptors (Lipinski definition) is 3. The van der Waals surface area contributed by atoms with Crippen LogP contribution in [0.25, 0.3) is 0 Å². The van der Waals surface area contributed by atoms with Gasteiger partial charge in [-0.1, -0.05) is 104 Å². The molecule has 0 N–H and O–H groups in total. The summed E-state index contributed by atoms with van der Waals surface area (Å²) in [6, 6.07) is 30.7. The minimum Gasteiger partial charge on any atom is -0.469 e. The second-order valence-corrected chi connectivity index (χ2v) is 7.80. The first-order valence-corrected chi connectivity index (χ1v) is 10.6. The van der Waals surface area contributed by atoms with Crippen LogP contribution in [0.4, 0.5) is 0 Å². The first kappa shape index (κ1) is 20.1. The van der Waals surface area contributed by atoms with Crippen LogP contribution >= 0.6 is 0 Å². The molecule has 1 unspecified atom stereocenters. The number of carbonyl (C=O) groups is 1. The molecule has 0 aliphatic heterocycles. The standard InChI is InChI=1S/C27H27NO2/c1-30-26(29)24-19-11-12-20-27(24,23-17-9-4-10-18-23)28-25(21-13-5-2-6-14-21)22-15-7-3-8-16-22/h2-10,13-18,24H,11-12,19-20H2,1H3/t24-,27?/m0/s1. The molecule has 152 valence electrons. The molecular weight excluding hydrogens is 370 g/mol. The Hall–Kier alpha value is -3.20. The number of rotatable bonds is 5. The molecule has 0 bridgehead atoms. The Morgan fingerprint density at radius 2 is 1.37 bits per heavy atom. The summed E-state index contributed by atoms with van der Waals surface area (Å²) >= 11 is 0. The van der Waals surface area contributed by atoms with E-state index in [1.807, 2.05) is 54.6 Å². The highest BCUT2D eigenvalue weighted by atomic mass is 16.5. The van der Waals surface area contributed by atoms with Crippen molar-refractivity contribution in [2.24, 2.45) is 10.9 Å². The number of esters is 1. The van der Waals surface area contributed by atoms with Crippen LogP contribution in [0.15, 0.2) is 96.0 Å². The van der Waals surface area contributed by atoms with Crippen molar-refractivity contribution >= 4 is 11.7 Å². The minimum absolute atomic E-state index is 0.178. The van der Waals surface area contributed by atoms with Gasteiger partial charge in [-0.05, 0) is 18.4 Å². The third-order valence-electron chi connectivity index (χ3n) is 6.04. The number of hydrogen-bond donors (Lipinski definition) is 0. The monoisotopic (exact) mass is 397 g/mol. The summed E-state index contributed by atoms with van der Waals surface area (Å²) in [5.41, 5.74) is 3.44. The second kappa shape index (κ2) is 9.08. The van der Waals surface area contributed by atoms with Gasteiger partial charge in [-0.15, -0.1) is 0 Å². The smallest absolute Gasteiger partial charge is 0.311 e. The van der Waals surface area contributed by atoms with E-state index in [0.29, 0.717) is 0 Å². The Morgan fingerprint density at radius 3 is 1.90 bits per heavy atom. The molecule has 0 aromatic heterocycles. The number of carbonyl (C=O) groups excluding carboxylic acids is 1. The van der Waals surface area contributed by atoms with Gasteiger partial charge in [-0.25, -0.2) is 0 Å². The SMILES string of the molecule is COC(=O)[C@@H]1CCCCC1(N=C(c1ccccc1)c1ccccc1)c1ccccc1. The molecule has 3 aromatic rings. The molecular formula is C27H27NO2. The molecule has 1 saturated carbocycles. The molecule has 3 aromatic carbocycles. The van der Waals surface area contributed by atoms with Crippen molar-refractivity contribution in [3.63, 3.8) is 0 Å². The highest BCUT2D eigenvalue weighted by Gasteiger charge is 2.47. The number of methoxy groups -OCH3 is 1. The zero-order valence-electron chi connectivity index (χ0n) is 17.3. The summed E-state index contributed by atoms with van der Waals surface area (Å²) in [7, 11) is 1.48. The van der Waals surface area contributed by atoms with Gasteiger partial charge in [0.1, 0.15) is 0 Å². The van der Waals surface area contributed by atoms with E-state index in [0.717, 1.165) is 48.1 Å². The van der Waals surface area contributed by atoms with Gasteiger partial charge in [0, 0.05) is 11.1 Å². The van der Waals surface area contributed by atoms with E-state index in [4.69, 9.17) is 9.73 Å². The lowest BCUT2D eigenvalue weighted by atomic mass is 9.69. The maximum atomic E-state index is 12.9. The van der Waals surface area contributed by atoms with Gasteiger partial charge in [0.15, 0.2) is 0 Å². The lowest BCUT2D eigenvalue weighted by Gasteiger charge is -2.41. The Kier molecular flexibility index (Phi) is 6.08. The molecule has 1 aliphatic rings. The molecule has 2 atom stereocenters. The molecule has 4 rings (SSSR count). The summed E-state index contributed by atoms with van der Waals surface area (Å²) in [5, 5.41) is 0. The maximum Gasteiger partial charge on any atom is 0.311 e. The van der Waals surface area contributed by atoms with Crippen molar-refractivity contribution in [3.8, 4) is 0 Å². The highest BCUT2D eigenvalue weighted by Crippen LogP contribution is 2.46. The van der Waals surface area contributed by atoms with Gasteiger partial charge in [-0.3, -0.25) is 9.79 Å². The van der Waals surface area contributed by atoms with Crippen LogP contribution in [0.2, 0.25) is 0 Å². The van der Waals surface area contributed by atoms with Gasteiger partial charge >= 0.3 is 5.97 Å². The van der Waals surface area contributed by atoms with Gasteiger partial charge in [0.05, 0.1) is 24.3 Å². The zero-order chi connectivity index (χ0) is 20.8. The average molecular weight is 398 g/mol. The maximum absolute atomic E-state index is 12.9. The Labute approximate surface area is 178 Å². The topological polar surface area (TPSA) is 38.7 Å². The second-order valence-electron chi connectivity index (χ2n) is 7.80. The fourth-order valence-corrected chi connectivity index (χ4v) is 4.57. The fraction of sp³-hybridized carbons (Fsp3) is 0.259.